The number of aliphatic hydroxyl groups is 1. The minimum atomic E-state index is -0.613. The number of benzene rings is 1. The maximum Gasteiger partial charge on any atom is 0.258 e. The van der Waals surface area contributed by atoms with Crippen molar-refractivity contribution >= 4 is 5.91 Å². The third-order valence-electron chi connectivity index (χ3n) is 3.31. The second-order valence-corrected chi connectivity index (χ2v) is 5.66. The monoisotopic (exact) mass is 263 g/mol. The van der Waals surface area contributed by atoms with Gasteiger partial charge < -0.3 is 15.2 Å². The Kier molecular flexibility index (Phi) is 4.10. The van der Waals surface area contributed by atoms with Gasteiger partial charge in [0.15, 0.2) is 6.61 Å². The van der Waals surface area contributed by atoms with Gasteiger partial charge in [0.1, 0.15) is 5.75 Å². The molecule has 1 amide bonds. The van der Waals surface area contributed by atoms with Crippen LogP contribution in [0.5, 0.6) is 5.75 Å². The first kappa shape index (κ1) is 13.9. The van der Waals surface area contributed by atoms with Crippen LogP contribution in [0, 0.1) is 0 Å². The molecule has 4 heteroatoms. The van der Waals surface area contributed by atoms with E-state index < -0.39 is 5.54 Å². The quantitative estimate of drug-likeness (QED) is 0.845. The Morgan fingerprint density at radius 3 is 2.84 bits per heavy atom. The van der Waals surface area contributed by atoms with Gasteiger partial charge in [0.25, 0.3) is 5.91 Å². The highest BCUT2D eigenvalue weighted by molar-refractivity contribution is 5.78. The lowest BCUT2D eigenvalue weighted by Gasteiger charge is -2.23. The van der Waals surface area contributed by atoms with Gasteiger partial charge in [0.05, 0.1) is 12.1 Å². The van der Waals surface area contributed by atoms with Crippen LogP contribution in [0.3, 0.4) is 0 Å². The average molecular weight is 263 g/mol. The number of carbonyl (C=O) groups excluding carboxylic acids is 1. The number of fused-ring (bicyclic) bond motifs is 1. The first-order chi connectivity index (χ1) is 9.00. The number of rotatable bonds is 5. The fourth-order valence-electron chi connectivity index (χ4n) is 2.24. The van der Waals surface area contributed by atoms with Crippen molar-refractivity contribution in [2.24, 2.45) is 0 Å². The molecule has 0 atom stereocenters. The zero-order valence-corrected chi connectivity index (χ0v) is 11.5. The van der Waals surface area contributed by atoms with Gasteiger partial charge in [-0.1, -0.05) is 6.07 Å². The van der Waals surface area contributed by atoms with Crippen LogP contribution in [0.25, 0.3) is 0 Å². The number of ether oxygens (including phenoxy) is 1. The van der Waals surface area contributed by atoms with Crippen molar-refractivity contribution in [3.8, 4) is 5.75 Å². The minimum Gasteiger partial charge on any atom is -0.484 e. The third-order valence-corrected chi connectivity index (χ3v) is 3.31. The molecule has 0 spiro atoms. The Bertz CT molecular complexity index is 468. The summed E-state index contributed by atoms with van der Waals surface area (Å²) in [7, 11) is 0. The Balaban J connectivity index is 1.87. The van der Waals surface area contributed by atoms with Crippen LogP contribution in [0.4, 0.5) is 0 Å². The molecule has 0 aliphatic heterocycles. The summed E-state index contributed by atoms with van der Waals surface area (Å²) >= 11 is 0. The highest BCUT2D eigenvalue weighted by Gasteiger charge is 2.19. The van der Waals surface area contributed by atoms with E-state index >= 15 is 0 Å². The van der Waals surface area contributed by atoms with E-state index in [1.807, 2.05) is 12.1 Å². The number of hydrogen-bond acceptors (Lipinski definition) is 3. The Morgan fingerprint density at radius 1 is 1.37 bits per heavy atom. The van der Waals surface area contributed by atoms with E-state index in [2.05, 4.69) is 11.4 Å². The molecule has 1 aliphatic carbocycles. The molecule has 0 radical (unpaired) electrons. The molecule has 4 nitrogen and oxygen atoms in total. The second kappa shape index (κ2) is 5.61. The van der Waals surface area contributed by atoms with Gasteiger partial charge in [0.2, 0.25) is 0 Å². The average Bonchev–Trinajstić information content (AvgIpc) is 2.83. The molecular weight excluding hydrogens is 242 g/mol. The van der Waals surface area contributed by atoms with Gasteiger partial charge in [-0.05, 0) is 56.4 Å². The molecule has 1 aliphatic rings. The molecule has 1 aromatic carbocycles. The summed E-state index contributed by atoms with van der Waals surface area (Å²) in [6, 6.07) is 6.01. The van der Waals surface area contributed by atoms with Crippen LogP contribution in [0.2, 0.25) is 0 Å². The predicted molar refractivity (Wildman–Crippen MR) is 73.3 cm³/mol. The first-order valence-corrected chi connectivity index (χ1v) is 6.67. The van der Waals surface area contributed by atoms with Crippen LogP contribution in [0.1, 0.15) is 31.4 Å². The van der Waals surface area contributed by atoms with Gasteiger partial charge in [-0.25, -0.2) is 0 Å². The van der Waals surface area contributed by atoms with Crippen molar-refractivity contribution in [2.75, 3.05) is 13.2 Å². The normalized spacial score (nSPS) is 14.1. The highest BCUT2D eigenvalue weighted by atomic mass is 16.5. The van der Waals surface area contributed by atoms with Crippen LogP contribution in [-0.2, 0) is 17.6 Å². The van der Waals surface area contributed by atoms with Crippen LogP contribution < -0.4 is 10.1 Å². The highest BCUT2D eigenvalue weighted by Crippen LogP contribution is 2.25. The van der Waals surface area contributed by atoms with Crippen LogP contribution in [-0.4, -0.2) is 29.8 Å². The minimum absolute atomic E-state index is 0.0256. The van der Waals surface area contributed by atoms with Gasteiger partial charge in [-0.15, -0.1) is 0 Å². The summed E-state index contributed by atoms with van der Waals surface area (Å²) in [6.07, 6.45) is 3.43. The van der Waals surface area contributed by atoms with E-state index in [9.17, 15) is 4.79 Å². The molecule has 2 rings (SSSR count). The maximum atomic E-state index is 11.7. The van der Waals surface area contributed by atoms with Gasteiger partial charge in [-0.2, -0.15) is 0 Å². The molecule has 104 valence electrons. The number of hydrogen-bond donors (Lipinski definition) is 2. The summed E-state index contributed by atoms with van der Waals surface area (Å²) in [4.78, 5) is 11.7. The summed E-state index contributed by atoms with van der Waals surface area (Å²) in [6.45, 7) is 3.40. The molecule has 0 saturated heterocycles. The largest absolute Gasteiger partial charge is 0.484 e. The molecule has 0 heterocycles. The lowest BCUT2D eigenvalue weighted by atomic mass is 10.1. The van der Waals surface area contributed by atoms with Crippen molar-refractivity contribution in [1.29, 1.82) is 0 Å². The first-order valence-electron chi connectivity index (χ1n) is 6.67. The number of aliphatic hydroxyl groups excluding tert-OH is 1. The Morgan fingerprint density at radius 2 is 2.11 bits per heavy atom. The molecule has 0 saturated carbocycles. The lowest BCUT2D eigenvalue weighted by molar-refractivity contribution is -0.125. The fourth-order valence-corrected chi connectivity index (χ4v) is 2.24. The van der Waals surface area contributed by atoms with E-state index in [-0.39, 0.29) is 19.1 Å². The van der Waals surface area contributed by atoms with E-state index in [1.165, 1.54) is 17.5 Å². The predicted octanol–water partition coefficient (Wildman–Crippen LogP) is 1.44. The van der Waals surface area contributed by atoms with E-state index in [0.717, 1.165) is 18.6 Å². The number of nitrogens with one attached hydrogen (secondary N) is 1. The maximum absolute atomic E-state index is 11.7. The molecule has 0 bridgehead atoms. The standard InChI is InChI=1S/C15H21NO3/c1-15(2,10-17)16-14(18)9-19-13-7-6-11-4-3-5-12(11)8-13/h6-8,17H,3-5,9-10H2,1-2H3,(H,16,18). The summed E-state index contributed by atoms with van der Waals surface area (Å²) < 4.78 is 5.49. The van der Waals surface area contributed by atoms with E-state index in [0.29, 0.717) is 0 Å². The third kappa shape index (κ3) is 3.70. The van der Waals surface area contributed by atoms with Gasteiger partial charge >= 0.3 is 0 Å². The molecule has 19 heavy (non-hydrogen) atoms. The smallest absolute Gasteiger partial charge is 0.258 e. The molecule has 0 unspecified atom stereocenters. The van der Waals surface area contributed by atoms with Crippen molar-refractivity contribution in [1.82, 2.24) is 5.32 Å². The summed E-state index contributed by atoms with van der Waals surface area (Å²) in [5.41, 5.74) is 2.10. The summed E-state index contributed by atoms with van der Waals surface area (Å²) in [5.74, 6) is 0.511. The number of carbonyl (C=O) groups is 1. The van der Waals surface area contributed by atoms with Gasteiger partial charge in [-0.3, -0.25) is 4.79 Å². The number of amides is 1. The zero-order chi connectivity index (χ0) is 13.9. The fraction of sp³-hybridized carbons (Fsp3) is 0.533. The van der Waals surface area contributed by atoms with Crippen molar-refractivity contribution in [3.63, 3.8) is 0 Å². The topological polar surface area (TPSA) is 58.6 Å². The SMILES string of the molecule is CC(C)(CO)NC(=O)COc1ccc2c(c1)CCC2. The van der Waals surface area contributed by atoms with E-state index in [4.69, 9.17) is 9.84 Å². The molecule has 2 N–H and O–H groups in total. The lowest BCUT2D eigenvalue weighted by Crippen LogP contribution is -2.48. The second-order valence-electron chi connectivity index (χ2n) is 5.66. The zero-order valence-electron chi connectivity index (χ0n) is 11.5. The van der Waals surface area contributed by atoms with Crippen molar-refractivity contribution < 1.29 is 14.6 Å². The van der Waals surface area contributed by atoms with Crippen molar-refractivity contribution in [2.45, 2.75) is 38.6 Å². The molecular formula is C15H21NO3. The Hall–Kier alpha value is -1.55. The summed E-state index contributed by atoms with van der Waals surface area (Å²) in [5, 5.41) is 11.8. The van der Waals surface area contributed by atoms with Crippen LogP contribution >= 0.6 is 0 Å². The van der Waals surface area contributed by atoms with Gasteiger partial charge in [0, 0.05) is 0 Å². The van der Waals surface area contributed by atoms with Crippen LogP contribution in [0.15, 0.2) is 18.2 Å². The molecule has 1 aromatic rings. The molecule has 0 fully saturated rings. The molecule has 0 aromatic heterocycles. The van der Waals surface area contributed by atoms with Crippen molar-refractivity contribution in [3.05, 3.63) is 29.3 Å². The number of aryl methyl sites for hydroxylation is 2. The Labute approximate surface area is 113 Å². The van der Waals surface area contributed by atoms with E-state index in [1.54, 1.807) is 13.8 Å².